The maximum atomic E-state index is 11.6. The van der Waals surface area contributed by atoms with Crippen LogP contribution in [0.3, 0.4) is 0 Å². The van der Waals surface area contributed by atoms with E-state index in [1.807, 2.05) is 31.2 Å². The molecule has 2 N–H and O–H groups in total. The van der Waals surface area contributed by atoms with Crippen molar-refractivity contribution in [3.8, 4) is 21.7 Å². The number of thiophene rings is 1. The highest BCUT2D eigenvalue weighted by molar-refractivity contribution is 7.22. The summed E-state index contributed by atoms with van der Waals surface area (Å²) in [5.41, 5.74) is 5.57. The fourth-order valence-corrected chi connectivity index (χ4v) is 4.78. The Bertz CT molecular complexity index is 1380. The van der Waals surface area contributed by atoms with Crippen LogP contribution in [0.15, 0.2) is 73.6 Å². The second-order valence-corrected chi connectivity index (χ2v) is 8.06. The third-order valence-corrected chi connectivity index (χ3v) is 6.21. The zero-order valence-electron chi connectivity index (χ0n) is 16.3. The Morgan fingerprint density at radius 1 is 1.13 bits per heavy atom. The summed E-state index contributed by atoms with van der Waals surface area (Å²) in [6, 6.07) is 18.3. The molecule has 0 bridgehead atoms. The highest BCUT2D eigenvalue weighted by Crippen LogP contribution is 2.43. The molecule has 0 aliphatic heterocycles. The minimum atomic E-state index is -0.231. The van der Waals surface area contributed by atoms with Crippen molar-refractivity contribution >= 4 is 44.1 Å². The smallest absolute Gasteiger partial charge is 0.247 e. The van der Waals surface area contributed by atoms with Crippen molar-refractivity contribution in [3.63, 3.8) is 0 Å². The predicted molar refractivity (Wildman–Crippen MR) is 124 cm³/mol. The number of rotatable bonds is 4. The highest BCUT2D eigenvalue weighted by Gasteiger charge is 2.20. The van der Waals surface area contributed by atoms with Gasteiger partial charge < -0.3 is 10.3 Å². The normalized spacial score (nSPS) is 11.1. The van der Waals surface area contributed by atoms with Crippen molar-refractivity contribution in [2.24, 2.45) is 0 Å². The molecule has 3 heterocycles. The van der Waals surface area contributed by atoms with Crippen molar-refractivity contribution < 1.29 is 4.79 Å². The third-order valence-electron chi connectivity index (χ3n) is 5.08. The Morgan fingerprint density at radius 3 is 2.70 bits per heavy atom. The van der Waals surface area contributed by atoms with Gasteiger partial charge in [0.15, 0.2) is 0 Å². The van der Waals surface area contributed by atoms with E-state index < -0.39 is 0 Å². The Labute approximate surface area is 177 Å². The van der Waals surface area contributed by atoms with Crippen LogP contribution in [0.25, 0.3) is 42.8 Å². The fourth-order valence-electron chi connectivity index (χ4n) is 3.66. The van der Waals surface area contributed by atoms with Crippen LogP contribution in [0.2, 0.25) is 0 Å². The number of amides is 1. The van der Waals surface area contributed by atoms with Gasteiger partial charge in [-0.2, -0.15) is 0 Å². The Kier molecular flexibility index (Phi) is 4.41. The largest absolute Gasteiger partial charge is 0.339 e. The van der Waals surface area contributed by atoms with Gasteiger partial charge in [0.25, 0.3) is 0 Å². The Hall–Kier alpha value is -3.77. The molecule has 5 nitrogen and oxygen atoms in total. The van der Waals surface area contributed by atoms with Crippen molar-refractivity contribution in [3.05, 3.63) is 79.3 Å². The van der Waals surface area contributed by atoms with Crippen LogP contribution in [-0.2, 0) is 4.79 Å². The van der Waals surface area contributed by atoms with Gasteiger partial charge in [-0.1, -0.05) is 36.9 Å². The first-order valence-corrected chi connectivity index (χ1v) is 10.3. The first kappa shape index (κ1) is 18.3. The number of hydrogen-bond donors (Lipinski definition) is 2. The van der Waals surface area contributed by atoms with Gasteiger partial charge in [-0.3, -0.25) is 4.79 Å². The number of aryl methyl sites for hydroxylation is 1. The summed E-state index contributed by atoms with van der Waals surface area (Å²) in [4.78, 5) is 25.1. The third kappa shape index (κ3) is 3.07. The lowest BCUT2D eigenvalue weighted by molar-refractivity contribution is -0.111. The quantitative estimate of drug-likeness (QED) is 0.360. The topological polar surface area (TPSA) is 70.7 Å². The van der Waals surface area contributed by atoms with E-state index in [-0.39, 0.29) is 5.91 Å². The van der Waals surface area contributed by atoms with E-state index in [4.69, 9.17) is 0 Å². The second-order valence-electron chi connectivity index (χ2n) is 6.98. The zero-order chi connectivity index (χ0) is 20.7. The fraction of sp³-hybridized carbons (Fsp3) is 0.0417. The summed E-state index contributed by atoms with van der Waals surface area (Å²) >= 11 is 1.76. The first-order valence-electron chi connectivity index (χ1n) is 9.50. The molecule has 30 heavy (non-hydrogen) atoms. The molecular formula is C24H18N4OS. The molecule has 0 saturated heterocycles. The average Bonchev–Trinajstić information content (AvgIpc) is 3.36. The monoisotopic (exact) mass is 410 g/mol. The predicted octanol–water partition coefficient (Wildman–Crippen LogP) is 5.94. The number of benzene rings is 2. The number of nitrogens with zero attached hydrogens (tertiary/aromatic N) is 2. The first-order chi connectivity index (χ1) is 14.6. The maximum Gasteiger partial charge on any atom is 0.247 e. The SMILES string of the molecule is C=CC(=O)Nc1ccc(-c2[nH]c3ncnc(C)c3c2-c2cc3ccccc3s2)cc1. The van der Waals surface area contributed by atoms with Gasteiger partial charge in [0, 0.05) is 26.2 Å². The number of H-pyrrole nitrogens is 1. The molecule has 0 fully saturated rings. The summed E-state index contributed by atoms with van der Waals surface area (Å²) in [6.45, 7) is 5.50. The van der Waals surface area contributed by atoms with Crippen molar-refractivity contribution in [1.82, 2.24) is 15.0 Å². The van der Waals surface area contributed by atoms with Crippen molar-refractivity contribution in [1.29, 1.82) is 0 Å². The summed E-state index contributed by atoms with van der Waals surface area (Å²) < 4.78 is 1.24. The van der Waals surface area contributed by atoms with Crippen molar-refractivity contribution in [2.45, 2.75) is 6.92 Å². The number of carbonyl (C=O) groups excluding carboxylic acids is 1. The van der Waals surface area contributed by atoms with Gasteiger partial charge in [-0.25, -0.2) is 9.97 Å². The maximum absolute atomic E-state index is 11.6. The number of aromatic nitrogens is 3. The number of anilines is 1. The van der Waals surface area contributed by atoms with E-state index in [2.05, 4.69) is 57.2 Å². The molecule has 0 radical (unpaired) electrons. The molecule has 0 unspecified atom stereocenters. The van der Waals surface area contributed by atoms with Crippen LogP contribution < -0.4 is 5.32 Å². The lowest BCUT2D eigenvalue weighted by atomic mass is 10.0. The summed E-state index contributed by atoms with van der Waals surface area (Å²) in [5.74, 6) is -0.231. The molecule has 1 amide bonds. The minimum Gasteiger partial charge on any atom is -0.339 e. The van der Waals surface area contributed by atoms with Gasteiger partial charge >= 0.3 is 0 Å². The molecule has 5 rings (SSSR count). The van der Waals surface area contributed by atoms with E-state index in [1.54, 1.807) is 17.7 Å². The molecule has 0 aliphatic rings. The number of fused-ring (bicyclic) bond motifs is 2. The average molecular weight is 411 g/mol. The molecule has 0 saturated carbocycles. The van der Waals surface area contributed by atoms with Crippen molar-refractivity contribution in [2.75, 3.05) is 5.32 Å². The molecule has 0 spiro atoms. The van der Waals surface area contributed by atoms with E-state index in [0.717, 1.165) is 39.2 Å². The van der Waals surface area contributed by atoms with Crippen LogP contribution in [-0.4, -0.2) is 20.9 Å². The number of aromatic amines is 1. The Balaban J connectivity index is 1.70. The standard InChI is InChI=1S/C24H18N4OS/c1-3-20(29)27-17-10-8-15(9-11-17)23-22(21-14(2)25-13-26-24(21)28-23)19-12-16-6-4-5-7-18(16)30-19/h3-13H,1H2,2H3,(H,27,29)(H,25,26,28). The molecule has 0 atom stereocenters. The Morgan fingerprint density at radius 2 is 1.93 bits per heavy atom. The molecule has 146 valence electrons. The summed E-state index contributed by atoms with van der Waals surface area (Å²) in [6.07, 6.45) is 2.84. The summed E-state index contributed by atoms with van der Waals surface area (Å²) in [7, 11) is 0. The molecule has 2 aromatic carbocycles. The van der Waals surface area contributed by atoms with Gasteiger partial charge in [-0.05, 0) is 48.2 Å². The van der Waals surface area contributed by atoms with E-state index in [1.165, 1.54) is 21.0 Å². The van der Waals surface area contributed by atoms with E-state index >= 15 is 0 Å². The minimum absolute atomic E-state index is 0.231. The molecular weight excluding hydrogens is 392 g/mol. The van der Waals surface area contributed by atoms with Gasteiger partial charge in [0.05, 0.1) is 11.4 Å². The van der Waals surface area contributed by atoms with Crippen LogP contribution in [0.5, 0.6) is 0 Å². The summed E-state index contributed by atoms with van der Waals surface area (Å²) in [5, 5.41) is 5.03. The van der Waals surface area contributed by atoms with Crippen LogP contribution >= 0.6 is 11.3 Å². The number of nitrogens with one attached hydrogen (secondary N) is 2. The zero-order valence-corrected chi connectivity index (χ0v) is 17.1. The highest BCUT2D eigenvalue weighted by atomic mass is 32.1. The van der Waals surface area contributed by atoms with Gasteiger partial charge in [0.2, 0.25) is 5.91 Å². The number of carbonyl (C=O) groups is 1. The van der Waals surface area contributed by atoms with Crippen LogP contribution in [0.4, 0.5) is 5.69 Å². The van der Waals surface area contributed by atoms with Crippen LogP contribution in [0.1, 0.15) is 5.69 Å². The lowest BCUT2D eigenvalue weighted by Crippen LogP contribution is -2.06. The second kappa shape index (κ2) is 7.24. The number of hydrogen-bond acceptors (Lipinski definition) is 4. The van der Waals surface area contributed by atoms with E-state index in [0.29, 0.717) is 0 Å². The van der Waals surface area contributed by atoms with Gasteiger partial charge in [0.1, 0.15) is 12.0 Å². The molecule has 0 aliphatic carbocycles. The molecule has 6 heteroatoms. The molecule has 3 aromatic heterocycles. The molecule has 5 aromatic rings. The van der Waals surface area contributed by atoms with Gasteiger partial charge in [-0.15, -0.1) is 11.3 Å². The van der Waals surface area contributed by atoms with Crippen LogP contribution in [0, 0.1) is 6.92 Å². The lowest BCUT2D eigenvalue weighted by Gasteiger charge is -2.06. The van der Waals surface area contributed by atoms with E-state index in [9.17, 15) is 4.79 Å².